The van der Waals surface area contributed by atoms with Crippen LogP contribution in [0.25, 0.3) is 0 Å². The van der Waals surface area contributed by atoms with Gasteiger partial charge in [-0.15, -0.1) is 23.7 Å². The molecule has 8 heteroatoms. The predicted octanol–water partition coefficient (Wildman–Crippen LogP) is 1.54. The van der Waals surface area contributed by atoms with E-state index in [0.29, 0.717) is 11.4 Å². The van der Waals surface area contributed by atoms with Gasteiger partial charge in [0.25, 0.3) is 5.91 Å². The lowest BCUT2D eigenvalue weighted by atomic mass is 10.1. The van der Waals surface area contributed by atoms with Crippen LogP contribution in [0.15, 0.2) is 35.7 Å². The summed E-state index contributed by atoms with van der Waals surface area (Å²) in [4.78, 5) is 28.2. The number of methoxy groups -OCH3 is 1. The second kappa shape index (κ2) is 9.24. The van der Waals surface area contributed by atoms with Crippen molar-refractivity contribution in [2.24, 2.45) is 5.73 Å². The monoisotopic (exact) mass is 355 g/mol. The Morgan fingerprint density at radius 2 is 2.04 bits per heavy atom. The van der Waals surface area contributed by atoms with Crippen molar-refractivity contribution in [2.75, 3.05) is 7.11 Å². The van der Waals surface area contributed by atoms with Crippen LogP contribution in [-0.2, 0) is 22.5 Å². The first-order valence-corrected chi connectivity index (χ1v) is 7.59. The van der Waals surface area contributed by atoms with Crippen molar-refractivity contribution in [3.8, 4) is 0 Å². The first-order chi connectivity index (χ1) is 10.6. The van der Waals surface area contributed by atoms with Gasteiger partial charge in [-0.3, -0.25) is 4.79 Å². The largest absolute Gasteiger partial charge is 0.467 e. The number of rotatable bonds is 6. The summed E-state index contributed by atoms with van der Waals surface area (Å²) < 4.78 is 4.76. The van der Waals surface area contributed by atoms with E-state index in [-0.39, 0.29) is 24.6 Å². The number of ether oxygens (including phenoxy) is 1. The maximum absolute atomic E-state index is 12.2. The minimum absolute atomic E-state index is 0. The van der Waals surface area contributed by atoms with Gasteiger partial charge >= 0.3 is 5.97 Å². The molecule has 0 saturated carbocycles. The molecule has 1 aromatic carbocycles. The summed E-state index contributed by atoms with van der Waals surface area (Å²) in [5.41, 5.74) is 6.67. The molecule has 1 heterocycles. The number of hydrogen-bond acceptors (Lipinski definition) is 6. The van der Waals surface area contributed by atoms with E-state index in [4.69, 9.17) is 10.5 Å². The molecule has 2 rings (SSSR count). The molecular formula is C15H18ClN3O3S. The van der Waals surface area contributed by atoms with Crippen LogP contribution in [0.5, 0.6) is 0 Å². The van der Waals surface area contributed by atoms with Crippen molar-refractivity contribution in [1.29, 1.82) is 0 Å². The highest BCUT2D eigenvalue weighted by Crippen LogP contribution is 2.10. The highest BCUT2D eigenvalue weighted by atomic mass is 35.5. The summed E-state index contributed by atoms with van der Waals surface area (Å²) >= 11 is 1.31. The third kappa shape index (κ3) is 5.31. The number of esters is 1. The first-order valence-electron chi connectivity index (χ1n) is 6.71. The van der Waals surface area contributed by atoms with Gasteiger partial charge in [0.2, 0.25) is 0 Å². The van der Waals surface area contributed by atoms with Crippen LogP contribution >= 0.6 is 23.7 Å². The Morgan fingerprint density at radius 3 is 2.61 bits per heavy atom. The Bertz CT molecular complexity index is 648. The average molecular weight is 356 g/mol. The summed E-state index contributed by atoms with van der Waals surface area (Å²) in [6, 6.07) is 8.65. The fourth-order valence-electron chi connectivity index (χ4n) is 1.93. The van der Waals surface area contributed by atoms with E-state index in [2.05, 4.69) is 10.3 Å². The molecule has 0 aliphatic rings. The molecule has 23 heavy (non-hydrogen) atoms. The van der Waals surface area contributed by atoms with Gasteiger partial charge in [-0.2, -0.15) is 0 Å². The Labute approximate surface area is 144 Å². The molecule has 1 amide bonds. The van der Waals surface area contributed by atoms with Crippen LogP contribution in [0.1, 0.15) is 21.1 Å². The van der Waals surface area contributed by atoms with Gasteiger partial charge in [0.15, 0.2) is 0 Å². The first kappa shape index (κ1) is 19.1. The van der Waals surface area contributed by atoms with E-state index < -0.39 is 17.9 Å². The van der Waals surface area contributed by atoms with Gasteiger partial charge < -0.3 is 15.8 Å². The lowest BCUT2D eigenvalue weighted by Gasteiger charge is -2.16. The van der Waals surface area contributed by atoms with Gasteiger partial charge in [-0.1, -0.05) is 30.3 Å². The van der Waals surface area contributed by atoms with Crippen molar-refractivity contribution < 1.29 is 14.3 Å². The minimum atomic E-state index is -0.761. The average Bonchev–Trinajstić information content (AvgIpc) is 3.03. The van der Waals surface area contributed by atoms with Gasteiger partial charge in [-0.25, -0.2) is 9.78 Å². The molecular weight excluding hydrogens is 338 g/mol. The van der Waals surface area contributed by atoms with Crippen LogP contribution in [0, 0.1) is 0 Å². The number of nitrogens with one attached hydrogen (secondary N) is 1. The standard InChI is InChI=1S/C15H17N3O3S.ClH/c1-21-15(20)11(7-10-5-3-2-4-6-10)18-14(19)12-9-22-13(8-16)17-12;/h2-6,9,11H,7-8,16H2,1H3,(H,18,19);1H. The lowest BCUT2D eigenvalue weighted by molar-refractivity contribution is -0.142. The summed E-state index contributed by atoms with van der Waals surface area (Å²) in [7, 11) is 1.29. The molecule has 3 N–H and O–H groups in total. The van der Waals surface area contributed by atoms with Crippen LogP contribution in [0.4, 0.5) is 0 Å². The number of thiazole rings is 1. The zero-order valence-corrected chi connectivity index (χ0v) is 14.2. The van der Waals surface area contributed by atoms with Crippen LogP contribution in [0.3, 0.4) is 0 Å². The van der Waals surface area contributed by atoms with Crippen LogP contribution in [-0.4, -0.2) is 30.0 Å². The van der Waals surface area contributed by atoms with E-state index in [1.807, 2.05) is 30.3 Å². The number of aromatic nitrogens is 1. The van der Waals surface area contributed by atoms with Gasteiger partial charge in [0.05, 0.1) is 7.11 Å². The molecule has 1 atom stereocenters. The fraction of sp³-hybridized carbons (Fsp3) is 0.267. The topological polar surface area (TPSA) is 94.3 Å². The molecule has 0 fully saturated rings. The van der Waals surface area contributed by atoms with Gasteiger partial charge in [0, 0.05) is 18.3 Å². The molecule has 0 radical (unpaired) electrons. The summed E-state index contributed by atoms with van der Waals surface area (Å²) in [5, 5.41) is 4.95. The van der Waals surface area contributed by atoms with Crippen molar-refractivity contribution in [3.05, 3.63) is 52.0 Å². The maximum Gasteiger partial charge on any atom is 0.328 e. The summed E-state index contributed by atoms with van der Waals surface area (Å²) in [6.07, 6.45) is 0.354. The minimum Gasteiger partial charge on any atom is -0.467 e. The fourth-order valence-corrected chi connectivity index (χ4v) is 2.58. The molecule has 2 aromatic rings. The number of hydrogen-bond donors (Lipinski definition) is 2. The lowest BCUT2D eigenvalue weighted by Crippen LogP contribution is -2.43. The zero-order valence-electron chi connectivity index (χ0n) is 12.5. The number of nitrogens with zero attached hydrogens (tertiary/aromatic N) is 1. The predicted molar refractivity (Wildman–Crippen MR) is 90.7 cm³/mol. The Balaban J connectivity index is 0.00000264. The molecule has 1 aromatic heterocycles. The second-order valence-corrected chi connectivity index (χ2v) is 5.51. The SMILES string of the molecule is COC(=O)C(Cc1ccccc1)NC(=O)c1csc(CN)n1.Cl. The Kier molecular flexibility index (Phi) is 7.67. The van der Waals surface area contributed by atoms with E-state index in [0.717, 1.165) is 5.56 Å². The van der Waals surface area contributed by atoms with Crippen molar-refractivity contribution in [2.45, 2.75) is 19.0 Å². The van der Waals surface area contributed by atoms with E-state index >= 15 is 0 Å². The molecule has 0 aliphatic heterocycles. The van der Waals surface area contributed by atoms with Crippen molar-refractivity contribution >= 4 is 35.6 Å². The van der Waals surface area contributed by atoms with Crippen LogP contribution < -0.4 is 11.1 Å². The molecule has 0 saturated heterocycles. The number of nitrogens with two attached hydrogens (primary N) is 1. The summed E-state index contributed by atoms with van der Waals surface area (Å²) in [5.74, 6) is -0.909. The highest BCUT2D eigenvalue weighted by molar-refractivity contribution is 7.09. The van der Waals surface area contributed by atoms with Gasteiger partial charge in [0.1, 0.15) is 16.7 Å². The molecule has 0 bridgehead atoms. The number of carbonyl (C=O) groups excluding carboxylic acids is 2. The maximum atomic E-state index is 12.2. The molecule has 6 nitrogen and oxygen atoms in total. The highest BCUT2D eigenvalue weighted by Gasteiger charge is 2.23. The third-order valence-corrected chi connectivity index (χ3v) is 3.90. The number of halogens is 1. The molecule has 124 valence electrons. The Hall–Kier alpha value is -1.96. The van der Waals surface area contributed by atoms with Crippen molar-refractivity contribution in [1.82, 2.24) is 10.3 Å². The van der Waals surface area contributed by atoms with E-state index in [1.54, 1.807) is 5.38 Å². The normalized spacial score (nSPS) is 11.2. The molecule has 0 spiro atoms. The third-order valence-electron chi connectivity index (χ3n) is 3.03. The molecule has 0 aliphatic carbocycles. The second-order valence-electron chi connectivity index (χ2n) is 4.57. The quantitative estimate of drug-likeness (QED) is 0.766. The smallest absolute Gasteiger partial charge is 0.328 e. The summed E-state index contributed by atoms with van der Waals surface area (Å²) in [6.45, 7) is 0.280. The van der Waals surface area contributed by atoms with E-state index in [9.17, 15) is 9.59 Å². The number of amides is 1. The van der Waals surface area contributed by atoms with Gasteiger partial charge in [-0.05, 0) is 5.56 Å². The van der Waals surface area contributed by atoms with E-state index in [1.165, 1.54) is 18.4 Å². The number of benzene rings is 1. The molecule has 1 unspecified atom stereocenters. The van der Waals surface area contributed by atoms with Crippen LogP contribution in [0.2, 0.25) is 0 Å². The van der Waals surface area contributed by atoms with Crippen molar-refractivity contribution in [3.63, 3.8) is 0 Å². The Morgan fingerprint density at radius 1 is 1.35 bits per heavy atom. The zero-order chi connectivity index (χ0) is 15.9. The number of carbonyl (C=O) groups is 2.